The number of nitrogens with zero attached hydrogens (tertiary/aromatic N) is 2. The molecule has 2 N–H and O–H groups in total. The molecule has 5 rings (SSSR count). The first-order valence-corrected chi connectivity index (χ1v) is 10.0. The van der Waals surface area contributed by atoms with Gasteiger partial charge in [0.15, 0.2) is 0 Å². The molecule has 2 aromatic rings. The third kappa shape index (κ3) is 2.85. The quantitative estimate of drug-likeness (QED) is 0.764. The van der Waals surface area contributed by atoms with Crippen LogP contribution in [0.5, 0.6) is 5.75 Å². The zero-order valence-electron chi connectivity index (χ0n) is 16.7. The zero-order valence-corrected chi connectivity index (χ0v) is 16.7. The van der Waals surface area contributed by atoms with Gasteiger partial charge in [-0.15, -0.1) is 0 Å². The summed E-state index contributed by atoms with van der Waals surface area (Å²) < 4.78 is 5.33. The van der Waals surface area contributed by atoms with Crippen molar-refractivity contribution in [2.24, 2.45) is 0 Å². The number of fused-ring (bicyclic) bond motifs is 2. The molecular formula is C23H23N3O4. The van der Waals surface area contributed by atoms with Gasteiger partial charge >= 0.3 is 6.03 Å². The van der Waals surface area contributed by atoms with Gasteiger partial charge in [0.1, 0.15) is 11.8 Å². The summed E-state index contributed by atoms with van der Waals surface area (Å²) in [4.78, 5) is 29.2. The summed E-state index contributed by atoms with van der Waals surface area (Å²) in [5.41, 5.74) is 4.80. The van der Waals surface area contributed by atoms with Crippen molar-refractivity contribution in [1.29, 1.82) is 0 Å². The molecule has 0 aromatic heterocycles. The van der Waals surface area contributed by atoms with E-state index in [-0.39, 0.29) is 25.1 Å². The van der Waals surface area contributed by atoms with E-state index in [9.17, 15) is 14.7 Å². The largest absolute Gasteiger partial charge is 0.497 e. The standard InChI is InChI=1S/C23H23N3O4/c1-30-17-7-8-18-15(10-17)9-16-11-19-22(28)25(12-14-5-3-2-4-6-14)23(29)26(19)20(13-27)21(16)24-18/h2-8,10,19-20,24,27H,9,11-13H2,1H3. The van der Waals surface area contributed by atoms with E-state index in [1.807, 2.05) is 48.5 Å². The van der Waals surface area contributed by atoms with Gasteiger partial charge in [0.2, 0.25) is 0 Å². The third-order valence-corrected chi connectivity index (χ3v) is 6.17. The molecule has 2 atom stereocenters. The van der Waals surface area contributed by atoms with Crippen molar-refractivity contribution in [3.8, 4) is 5.75 Å². The van der Waals surface area contributed by atoms with Crippen LogP contribution in [-0.4, -0.2) is 52.6 Å². The van der Waals surface area contributed by atoms with E-state index in [2.05, 4.69) is 5.32 Å². The molecule has 0 saturated carbocycles. The lowest BCUT2D eigenvalue weighted by molar-refractivity contribution is -0.129. The first-order valence-electron chi connectivity index (χ1n) is 10.0. The van der Waals surface area contributed by atoms with E-state index in [0.29, 0.717) is 12.8 Å². The minimum absolute atomic E-state index is 0.203. The molecule has 30 heavy (non-hydrogen) atoms. The first kappa shape index (κ1) is 18.7. The molecular weight excluding hydrogens is 382 g/mol. The van der Waals surface area contributed by atoms with Crippen molar-refractivity contribution in [1.82, 2.24) is 9.80 Å². The minimum Gasteiger partial charge on any atom is -0.497 e. The SMILES string of the molecule is COc1ccc2c(c1)CC1=C(N2)C(CO)N2C(=O)N(Cc3ccccc3)C(=O)C2C1. The van der Waals surface area contributed by atoms with Crippen molar-refractivity contribution in [2.45, 2.75) is 31.5 Å². The van der Waals surface area contributed by atoms with Crippen LogP contribution >= 0.6 is 0 Å². The van der Waals surface area contributed by atoms with Crippen LogP contribution in [-0.2, 0) is 17.8 Å². The second-order valence-corrected chi connectivity index (χ2v) is 7.86. The van der Waals surface area contributed by atoms with Gasteiger partial charge in [0.05, 0.1) is 26.3 Å². The molecule has 1 fully saturated rings. The van der Waals surface area contributed by atoms with Gasteiger partial charge in [0, 0.05) is 17.8 Å². The zero-order chi connectivity index (χ0) is 20.8. The Hall–Kier alpha value is -3.32. The summed E-state index contributed by atoms with van der Waals surface area (Å²) in [5, 5.41) is 13.6. The molecule has 0 spiro atoms. The maximum atomic E-state index is 13.2. The number of aliphatic hydroxyl groups is 1. The van der Waals surface area contributed by atoms with E-state index in [1.165, 1.54) is 4.90 Å². The Morgan fingerprint density at radius 1 is 1.17 bits per heavy atom. The van der Waals surface area contributed by atoms with Crippen molar-refractivity contribution in [3.63, 3.8) is 0 Å². The number of carbonyl (C=O) groups is 2. The van der Waals surface area contributed by atoms with Crippen LogP contribution in [0.4, 0.5) is 10.5 Å². The number of hydrogen-bond donors (Lipinski definition) is 2. The van der Waals surface area contributed by atoms with Crippen LogP contribution < -0.4 is 10.1 Å². The highest BCUT2D eigenvalue weighted by molar-refractivity contribution is 6.05. The van der Waals surface area contributed by atoms with Crippen LogP contribution in [0.3, 0.4) is 0 Å². The maximum absolute atomic E-state index is 13.2. The molecule has 3 aliphatic rings. The van der Waals surface area contributed by atoms with Crippen molar-refractivity contribution in [3.05, 3.63) is 70.9 Å². The van der Waals surface area contributed by atoms with Gasteiger partial charge in [0.25, 0.3) is 5.91 Å². The van der Waals surface area contributed by atoms with E-state index in [4.69, 9.17) is 4.74 Å². The number of hydrogen-bond acceptors (Lipinski definition) is 5. The van der Waals surface area contributed by atoms with E-state index in [1.54, 1.807) is 12.0 Å². The molecule has 3 amide bonds. The lowest BCUT2D eigenvalue weighted by atomic mass is 9.86. The summed E-state index contributed by atoms with van der Waals surface area (Å²) in [6.07, 6.45) is 1.13. The predicted octanol–water partition coefficient (Wildman–Crippen LogP) is 2.51. The van der Waals surface area contributed by atoms with Crippen LogP contribution in [0.1, 0.15) is 17.5 Å². The van der Waals surface area contributed by atoms with Crippen LogP contribution in [0.2, 0.25) is 0 Å². The number of ether oxygens (including phenoxy) is 1. The number of nitrogens with one attached hydrogen (secondary N) is 1. The van der Waals surface area contributed by atoms with Crippen molar-refractivity contribution < 1.29 is 19.4 Å². The number of carbonyl (C=O) groups excluding carboxylic acids is 2. The Labute approximate surface area is 174 Å². The second kappa shape index (κ2) is 7.18. The van der Waals surface area contributed by atoms with Crippen molar-refractivity contribution >= 4 is 17.6 Å². The fraction of sp³-hybridized carbons (Fsp3) is 0.304. The Bertz CT molecular complexity index is 1050. The van der Waals surface area contributed by atoms with Gasteiger partial charge < -0.3 is 20.1 Å². The third-order valence-electron chi connectivity index (χ3n) is 6.17. The Morgan fingerprint density at radius 3 is 2.70 bits per heavy atom. The van der Waals surface area contributed by atoms with E-state index < -0.39 is 12.1 Å². The highest BCUT2D eigenvalue weighted by Gasteiger charge is 2.52. The molecule has 1 saturated heterocycles. The second-order valence-electron chi connectivity index (χ2n) is 7.86. The first-order chi connectivity index (χ1) is 14.6. The minimum atomic E-state index is -0.578. The molecule has 2 unspecified atom stereocenters. The van der Waals surface area contributed by atoms with Crippen LogP contribution in [0, 0.1) is 0 Å². The molecule has 0 radical (unpaired) electrons. The van der Waals surface area contributed by atoms with E-state index in [0.717, 1.165) is 33.8 Å². The highest BCUT2D eigenvalue weighted by atomic mass is 16.5. The molecule has 2 aromatic carbocycles. The van der Waals surface area contributed by atoms with E-state index >= 15 is 0 Å². The predicted molar refractivity (Wildman–Crippen MR) is 111 cm³/mol. The Balaban J connectivity index is 1.46. The number of rotatable bonds is 4. The molecule has 7 nitrogen and oxygen atoms in total. The van der Waals surface area contributed by atoms with Gasteiger partial charge in [-0.2, -0.15) is 0 Å². The van der Waals surface area contributed by atoms with Gasteiger partial charge in [-0.25, -0.2) is 4.79 Å². The number of methoxy groups -OCH3 is 1. The van der Waals surface area contributed by atoms with Crippen LogP contribution in [0.15, 0.2) is 59.8 Å². The summed E-state index contributed by atoms with van der Waals surface area (Å²) >= 11 is 0. The molecule has 0 bridgehead atoms. The molecule has 3 aliphatic heterocycles. The summed E-state index contributed by atoms with van der Waals surface area (Å²) in [6, 6.07) is 13.8. The molecule has 3 heterocycles. The lowest BCUT2D eigenvalue weighted by Gasteiger charge is -2.40. The average Bonchev–Trinajstić information content (AvgIpc) is 3.01. The number of anilines is 1. The fourth-order valence-corrected chi connectivity index (χ4v) is 4.69. The Kier molecular flexibility index (Phi) is 4.47. The summed E-state index contributed by atoms with van der Waals surface area (Å²) in [6.45, 7) is -0.00874. The topological polar surface area (TPSA) is 82.1 Å². The monoisotopic (exact) mass is 405 g/mol. The number of imide groups is 1. The summed E-state index contributed by atoms with van der Waals surface area (Å²) in [5.74, 6) is 0.571. The van der Waals surface area contributed by atoms with Gasteiger partial charge in [-0.3, -0.25) is 9.69 Å². The normalized spacial score (nSPS) is 22.5. The maximum Gasteiger partial charge on any atom is 0.328 e. The van der Waals surface area contributed by atoms with Crippen LogP contribution in [0.25, 0.3) is 0 Å². The van der Waals surface area contributed by atoms with Crippen molar-refractivity contribution in [2.75, 3.05) is 19.0 Å². The highest BCUT2D eigenvalue weighted by Crippen LogP contribution is 2.41. The number of aliphatic hydroxyl groups excluding tert-OH is 1. The molecule has 7 heteroatoms. The lowest BCUT2D eigenvalue weighted by Crippen LogP contribution is -2.52. The molecule has 154 valence electrons. The smallest absolute Gasteiger partial charge is 0.328 e. The number of amides is 3. The average molecular weight is 405 g/mol. The fourth-order valence-electron chi connectivity index (χ4n) is 4.69. The Morgan fingerprint density at radius 2 is 1.97 bits per heavy atom. The van der Waals surface area contributed by atoms with Gasteiger partial charge in [-0.05, 0) is 41.3 Å². The number of benzene rings is 2. The number of urea groups is 1. The summed E-state index contributed by atoms with van der Waals surface area (Å²) in [7, 11) is 1.63. The van der Waals surface area contributed by atoms with Gasteiger partial charge in [-0.1, -0.05) is 30.3 Å². The molecule has 0 aliphatic carbocycles.